The Balaban J connectivity index is 1.49. The summed E-state index contributed by atoms with van der Waals surface area (Å²) in [7, 11) is 1.65. The average Bonchev–Trinajstić information content (AvgIpc) is 3.41. The molecule has 1 aromatic heterocycles. The summed E-state index contributed by atoms with van der Waals surface area (Å²) in [6.07, 6.45) is 2.48. The molecule has 0 radical (unpaired) electrons. The van der Waals surface area contributed by atoms with Crippen molar-refractivity contribution in [2.45, 2.75) is 32.0 Å². The van der Waals surface area contributed by atoms with Gasteiger partial charge in [0.2, 0.25) is 11.7 Å². The minimum absolute atomic E-state index is 0.601. The van der Waals surface area contributed by atoms with Crippen LogP contribution >= 0.6 is 0 Å². The van der Waals surface area contributed by atoms with E-state index in [1.165, 1.54) is 18.4 Å². The van der Waals surface area contributed by atoms with E-state index < -0.39 is 0 Å². The van der Waals surface area contributed by atoms with Gasteiger partial charge in [-0.15, -0.1) is 0 Å². The van der Waals surface area contributed by atoms with Crippen LogP contribution in [-0.2, 0) is 13.1 Å². The fraction of sp³-hybridized carbons (Fsp3) is 0.300. The number of rotatable bonds is 7. The van der Waals surface area contributed by atoms with Gasteiger partial charge in [0.15, 0.2) is 0 Å². The van der Waals surface area contributed by atoms with Crippen molar-refractivity contribution in [3.63, 3.8) is 0 Å². The van der Waals surface area contributed by atoms with E-state index in [2.05, 4.69) is 39.3 Å². The smallest absolute Gasteiger partial charge is 0.241 e. The second kappa shape index (κ2) is 7.07. The molecule has 0 unspecified atom stereocenters. The van der Waals surface area contributed by atoms with Crippen molar-refractivity contribution in [3.05, 3.63) is 66.1 Å². The molecule has 0 atom stereocenters. The highest BCUT2D eigenvalue weighted by Gasteiger charge is 2.30. The molecule has 0 saturated heterocycles. The van der Waals surface area contributed by atoms with E-state index in [1.54, 1.807) is 7.11 Å². The van der Waals surface area contributed by atoms with Crippen molar-refractivity contribution in [2.24, 2.45) is 0 Å². The first-order valence-electron chi connectivity index (χ1n) is 8.57. The van der Waals surface area contributed by atoms with E-state index in [0.717, 1.165) is 17.9 Å². The van der Waals surface area contributed by atoms with E-state index in [1.807, 2.05) is 30.3 Å². The van der Waals surface area contributed by atoms with Crippen LogP contribution in [0.15, 0.2) is 59.1 Å². The standard InChI is InChI=1S/C20H21N3O2/c1-24-18-9-5-8-16(12-18)20-21-19(25-22-20)14-23(17-10-11-17)13-15-6-3-2-4-7-15/h2-9,12,17H,10-11,13-14H2,1H3. The highest BCUT2D eigenvalue weighted by molar-refractivity contribution is 5.56. The zero-order chi connectivity index (χ0) is 17.1. The van der Waals surface area contributed by atoms with Crippen LogP contribution in [0.1, 0.15) is 24.3 Å². The minimum atomic E-state index is 0.601. The van der Waals surface area contributed by atoms with E-state index in [0.29, 0.717) is 24.3 Å². The fourth-order valence-electron chi connectivity index (χ4n) is 2.94. The predicted octanol–water partition coefficient (Wildman–Crippen LogP) is 3.91. The molecular weight excluding hydrogens is 314 g/mol. The number of nitrogens with zero attached hydrogens (tertiary/aromatic N) is 3. The summed E-state index contributed by atoms with van der Waals surface area (Å²) in [5.41, 5.74) is 2.21. The zero-order valence-electron chi connectivity index (χ0n) is 14.3. The number of aromatic nitrogens is 2. The highest BCUT2D eigenvalue weighted by atomic mass is 16.5. The maximum Gasteiger partial charge on any atom is 0.241 e. The Kier molecular flexibility index (Phi) is 4.48. The van der Waals surface area contributed by atoms with Crippen molar-refractivity contribution < 1.29 is 9.26 Å². The lowest BCUT2D eigenvalue weighted by Crippen LogP contribution is -2.25. The molecule has 0 N–H and O–H groups in total. The Bertz CT molecular complexity index is 828. The van der Waals surface area contributed by atoms with Crippen LogP contribution in [-0.4, -0.2) is 28.2 Å². The van der Waals surface area contributed by atoms with Crippen molar-refractivity contribution in [2.75, 3.05) is 7.11 Å². The van der Waals surface area contributed by atoms with Gasteiger partial charge in [-0.3, -0.25) is 4.90 Å². The molecule has 4 rings (SSSR count). The summed E-state index contributed by atoms with van der Waals surface area (Å²) in [6, 6.07) is 18.8. The Morgan fingerprint density at radius 3 is 2.68 bits per heavy atom. The summed E-state index contributed by atoms with van der Waals surface area (Å²) in [6.45, 7) is 1.58. The van der Waals surface area contributed by atoms with Crippen LogP contribution < -0.4 is 4.74 Å². The molecular formula is C20H21N3O2. The first-order valence-corrected chi connectivity index (χ1v) is 8.57. The molecule has 0 spiro atoms. The lowest BCUT2D eigenvalue weighted by Gasteiger charge is -2.19. The highest BCUT2D eigenvalue weighted by Crippen LogP contribution is 2.30. The van der Waals surface area contributed by atoms with Crippen molar-refractivity contribution >= 4 is 0 Å². The predicted molar refractivity (Wildman–Crippen MR) is 95.0 cm³/mol. The van der Waals surface area contributed by atoms with Crippen molar-refractivity contribution in [1.29, 1.82) is 0 Å². The van der Waals surface area contributed by atoms with E-state index in [4.69, 9.17) is 9.26 Å². The van der Waals surface area contributed by atoms with Gasteiger partial charge in [0.25, 0.3) is 0 Å². The molecule has 0 amide bonds. The molecule has 1 saturated carbocycles. The Labute approximate surface area is 147 Å². The third kappa shape index (κ3) is 3.88. The van der Waals surface area contributed by atoms with Crippen LogP contribution in [0.3, 0.4) is 0 Å². The van der Waals surface area contributed by atoms with Gasteiger partial charge < -0.3 is 9.26 Å². The van der Waals surface area contributed by atoms with Crippen LogP contribution in [0.25, 0.3) is 11.4 Å². The lowest BCUT2D eigenvalue weighted by molar-refractivity contribution is 0.209. The van der Waals surface area contributed by atoms with Gasteiger partial charge in [-0.25, -0.2) is 0 Å². The fourth-order valence-corrected chi connectivity index (χ4v) is 2.94. The third-order valence-electron chi connectivity index (χ3n) is 4.43. The first-order chi connectivity index (χ1) is 12.3. The summed E-state index contributed by atoms with van der Waals surface area (Å²) in [5, 5.41) is 4.13. The molecule has 5 nitrogen and oxygen atoms in total. The normalized spacial score (nSPS) is 14.0. The maximum atomic E-state index is 5.50. The van der Waals surface area contributed by atoms with Gasteiger partial charge in [-0.05, 0) is 30.5 Å². The Hall–Kier alpha value is -2.66. The molecule has 1 fully saturated rings. The number of methoxy groups -OCH3 is 1. The molecule has 0 bridgehead atoms. The lowest BCUT2D eigenvalue weighted by atomic mass is 10.2. The third-order valence-corrected chi connectivity index (χ3v) is 4.43. The largest absolute Gasteiger partial charge is 0.497 e. The number of hydrogen-bond donors (Lipinski definition) is 0. The Morgan fingerprint density at radius 1 is 1.08 bits per heavy atom. The molecule has 128 valence electrons. The molecule has 3 aromatic rings. The average molecular weight is 335 g/mol. The molecule has 1 aliphatic rings. The van der Waals surface area contributed by atoms with Crippen LogP contribution in [0.5, 0.6) is 5.75 Å². The minimum Gasteiger partial charge on any atom is -0.497 e. The Morgan fingerprint density at radius 2 is 1.92 bits per heavy atom. The zero-order valence-corrected chi connectivity index (χ0v) is 14.3. The SMILES string of the molecule is COc1cccc(-c2noc(CN(Cc3ccccc3)C3CC3)n2)c1. The van der Waals surface area contributed by atoms with Gasteiger partial charge in [0.1, 0.15) is 5.75 Å². The molecule has 2 aromatic carbocycles. The second-order valence-corrected chi connectivity index (χ2v) is 6.37. The molecule has 25 heavy (non-hydrogen) atoms. The van der Waals surface area contributed by atoms with Gasteiger partial charge in [0.05, 0.1) is 13.7 Å². The number of benzene rings is 2. The van der Waals surface area contributed by atoms with Crippen molar-refractivity contribution in [1.82, 2.24) is 15.0 Å². The van der Waals surface area contributed by atoms with Gasteiger partial charge >= 0.3 is 0 Å². The van der Waals surface area contributed by atoms with Crippen LogP contribution in [0.4, 0.5) is 0 Å². The molecule has 1 heterocycles. The summed E-state index contributed by atoms with van der Waals surface area (Å²) < 4.78 is 10.8. The van der Waals surface area contributed by atoms with Crippen molar-refractivity contribution in [3.8, 4) is 17.1 Å². The first kappa shape index (κ1) is 15.8. The quantitative estimate of drug-likeness (QED) is 0.655. The molecule has 5 heteroatoms. The summed E-state index contributed by atoms with van der Waals surface area (Å²) in [4.78, 5) is 6.99. The second-order valence-electron chi connectivity index (χ2n) is 6.37. The summed E-state index contributed by atoms with van der Waals surface area (Å²) in [5.74, 6) is 2.04. The van der Waals surface area contributed by atoms with Gasteiger partial charge in [-0.1, -0.05) is 47.6 Å². The summed E-state index contributed by atoms with van der Waals surface area (Å²) >= 11 is 0. The topological polar surface area (TPSA) is 51.4 Å². The molecule has 0 aliphatic heterocycles. The molecule has 1 aliphatic carbocycles. The maximum absolute atomic E-state index is 5.50. The number of ether oxygens (including phenoxy) is 1. The van der Waals surface area contributed by atoms with E-state index in [-0.39, 0.29) is 0 Å². The van der Waals surface area contributed by atoms with E-state index >= 15 is 0 Å². The monoisotopic (exact) mass is 335 g/mol. The van der Waals surface area contributed by atoms with Crippen LogP contribution in [0, 0.1) is 0 Å². The van der Waals surface area contributed by atoms with Gasteiger partial charge in [-0.2, -0.15) is 4.98 Å². The number of hydrogen-bond acceptors (Lipinski definition) is 5. The van der Waals surface area contributed by atoms with E-state index in [9.17, 15) is 0 Å². The van der Waals surface area contributed by atoms with Crippen LogP contribution in [0.2, 0.25) is 0 Å². The van der Waals surface area contributed by atoms with Gasteiger partial charge in [0, 0.05) is 18.2 Å².